The van der Waals surface area contributed by atoms with Crippen molar-refractivity contribution in [3.8, 4) is 22.3 Å². The average molecular weight is 644 g/mol. The number of hydrogen-bond acceptors (Lipinski definition) is 2. The predicted octanol–water partition coefficient (Wildman–Crippen LogP) is 13.8. The fourth-order valence-electron chi connectivity index (χ4n) is 8.27. The molecule has 49 heavy (non-hydrogen) atoms. The molecule has 0 bridgehead atoms. The molecular weight excluding hydrogens is 611 g/mol. The quantitative estimate of drug-likeness (QED) is 0.173. The molecule has 0 radical (unpaired) electrons. The molecule has 0 saturated carbocycles. The Morgan fingerprint density at radius 1 is 0.449 bits per heavy atom. The highest BCUT2D eigenvalue weighted by atomic mass is 32.1. The largest absolute Gasteiger partial charge is 0.309 e. The first kappa shape index (κ1) is 28.3. The van der Waals surface area contributed by atoms with Gasteiger partial charge >= 0.3 is 0 Å². The van der Waals surface area contributed by atoms with Gasteiger partial charge < -0.3 is 4.90 Å². The second-order valence-corrected chi connectivity index (χ2v) is 14.8. The summed E-state index contributed by atoms with van der Waals surface area (Å²) in [6.45, 7) is 4.75. The van der Waals surface area contributed by atoms with E-state index in [1.54, 1.807) is 0 Å². The molecule has 8 aromatic carbocycles. The molecule has 0 unspecified atom stereocenters. The topological polar surface area (TPSA) is 3.24 Å². The molecule has 232 valence electrons. The SMILES string of the molecule is CC1(C)c2ccccc2-c2ccc(N(c3cc4ccccc4c4ccccc34)c3cc(-c4ccccc4)cc4sc5ccccc5c34)cc21. The van der Waals surface area contributed by atoms with Crippen molar-refractivity contribution >= 4 is 70.1 Å². The van der Waals surface area contributed by atoms with Crippen LogP contribution in [0.1, 0.15) is 25.0 Å². The van der Waals surface area contributed by atoms with E-state index in [0.717, 1.165) is 0 Å². The van der Waals surface area contributed by atoms with Crippen LogP contribution in [-0.2, 0) is 5.41 Å². The zero-order chi connectivity index (χ0) is 32.7. The van der Waals surface area contributed by atoms with E-state index in [9.17, 15) is 0 Å². The van der Waals surface area contributed by atoms with Gasteiger partial charge in [-0.15, -0.1) is 11.3 Å². The number of nitrogens with zero attached hydrogens (tertiary/aromatic N) is 1. The van der Waals surface area contributed by atoms with E-state index < -0.39 is 0 Å². The first-order valence-electron chi connectivity index (χ1n) is 17.0. The Bertz CT molecular complexity index is 2750. The summed E-state index contributed by atoms with van der Waals surface area (Å²) in [5, 5.41) is 7.60. The maximum atomic E-state index is 2.56. The van der Waals surface area contributed by atoms with Crippen molar-refractivity contribution in [2.45, 2.75) is 19.3 Å². The van der Waals surface area contributed by atoms with Gasteiger partial charge in [-0.05, 0) is 85.9 Å². The van der Waals surface area contributed by atoms with Crippen molar-refractivity contribution in [3.05, 3.63) is 175 Å². The second kappa shape index (κ2) is 10.7. The van der Waals surface area contributed by atoms with Crippen molar-refractivity contribution in [2.75, 3.05) is 4.90 Å². The van der Waals surface area contributed by atoms with E-state index in [-0.39, 0.29) is 5.41 Å². The highest BCUT2D eigenvalue weighted by Gasteiger charge is 2.36. The van der Waals surface area contributed by atoms with Gasteiger partial charge in [-0.1, -0.05) is 141 Å². The van der Waals surface area contributed by atoms with Gasteiger partial charge in [0, 0.05) is 36.7 Å². The summed E-state index contributed by atoms with van der Waals surface area (Å²) >= 11 is 1.88. The standard InChI is InChI=1S/C47H33NS/c1-47(2)40-22-12-10-19-36(40)37-25-24-33(29-41(37)47)48(42-26-31-16-6-7-17-34(31)35-18-8-9-20-38(35)42)43-27-32(30-14-4-3-5-15-30)28-45-46(43)39-21-11-13-23-44(39)49-45/h3-29H,1-2H3. The van der Waals surface area contributed by atoms with Gasteiger partial charge in [0.15, 0.2) is 0 Å². The Hall–Kier alpha value is -5.70. The molecule has 0 amide bonds. The van der Waals surface area contributed by atoms with Crippen LogP contribution in [0.4, 0.5) is 17.1 Å². The minimum absolute atomic E-state index is 0.116. The van der Waals surface area contributed by atoms with E-state index in [4.69, 9.17) is 0 Å². The molecule has 9 aromatic rings. The van der Waals surface area contributed by atoms with Gasteiger partial charge in [0.2, 0.25) is 0 Å². The highest BCUT2D eigenvalue weighted by Crippen LogP contribution is 2.53. The van der Waals surface area contributed by atoms with Gasteiger partial charge in [-0.25, -0.2) is 0 Å². The van der Waals surface area contributed by atoms with Crippen molar-refractivity contribution in [2.24, 2.45) is 0 Å². The lowest BCUT2D eigenvalue weighted by Gasteiger charge is -2.30. The summed E-state index contributed by atoms with van der Waals surface area (Å²) in [6.07, 6.45) is 0. The van der Waals surface area contributed by atoms with Crippen LogP contribution in [0, 0.1) is 0 Å². The molecule has 0 atom stereocenters. The second-order valence-electron chi connectivity index (χ2n) is 13.7. The first-order valence-corrected chi connectivity index (χ1v) is 17.8. The lowest BCUT2D eigenvalue weighted by molar-refractivity contribution is 0.660. The molecule has 0 saturated heterocycles. The molecule has 1 heterocycles. The van der Waals surface area contributed by atoms with Gasteiger partial charge in [-0.2, -0.15) is 0 Å². The third kappa shape index (κ3) is 4.24. The van der Waals surface area contributed by atoms with Crippen molar-refractivity contribution < 1.29 is 0 Å². The van der Waals surface area contributed by atoms with Crippen molar-refractivity contribution in [3.63, 3.8) is 0 Å². The lowest BCUT2D eigenvalue weighted by Crippen LogP contribution is -2.17. The Morgan fingerprint density at radius 3 is 1.98 bits per heavy atom. The highest BCUT2D eigenvalue weighted by molar-refractivity contribution is 7.26. The Kier molecular flexibility index (Phi) is 6.16. The third-order valence-electron chi connectivity index (χ3n) is 10.6. The minimum atomic E-state index is -0.116. The Labute approximate surface area is 290 Å². The smallest absolute Gasteiger partial charge is 0.0561 e. The van der Waals surface area contributed by atoms with Gasteiger partial charge in [0.25, 0.3) is 0 Å². The summed E-state index contributed by atoms with van der Waals surface area (Å²) in [5.74, 6) is 0. The van der Waals surface area contributed by atoms with Crippen LogP contribution >= 0.6 is 11.3 Å². The molecular formula is C47H33NS. The van der Waals surface area contributed by atoms with Crippen LogP contribution < -0.4 is 4.90 Å². The average Bonchev–Trinajstić information content (AvgIpc) is 3.64. The zero-order valence-corrected chi connectivity index (χ0v) is 28.3. The summed E-state index contributed by atoms with van der Waals surface area (Å²) in [4.78, 5) is 2.56. The number of thiophene rings is 1. The molecule has 0 spiro atoms. The van der Waals surface area contributed by atoms with Crippen LogP contribution in [0.25, 0.3) is 64.0 Å². The van der Waals surface area contributed by atoms with Gasteiger partial charge in [-0.3, -0.25) is 0 Å². The predicted molar refractivity (Wildman–Crippen MR) is 212 cm³/mol. The lowest BCUT2D eigenvalue weighted by atomic mass is 9.82. The maximum Gasteiger partial charge on any atom is 0.0561 e. The monoisotopic (exact) mass is 643 g/mol. The summed E-state index contributed by atoms with van der Waals surface area (Å²) in [7, 11) is 0. The molecule has 2 heteroatoms. The normalized spacial score (nSPS) is 13.3. The van der Waals surface area contributed by atoms with Crippen LogP contribution in [0.15, 0.2) is 164 Å². The van der Waals surface area contributed by atoms with E-state index >= 15 is 0 Å². The van der Waals surface area contributed by atoms with E-state index in [0.29, 0.717) is 0 Å². The summed E-state index contributed by atoms with van der Waals surface area (Å²) < 4.78 is 2.60. The molecule has 0 fully saturated rings. The molecule has 1 aromatic heterocycles. The van der Waals surface area contributed by atoms with E-state index in [1.807, 2.05) is 11.3 Å². The minimum Gasteiger partial charge on any atom is -0.309 e. The fourth-order valence-corrected chi connectivity index (χ4v) is 9.43. The number of rotatable bonds is 4. The van der Waals surface area contributed by atoms with Gasteiger partial charge in [0.05, 0.1) is 11.4 Å². The van der Waals surface area contributed by atoms with Crippen LogP contribution in [-0.4, -0.2) is 0 Å². The fraction of sp³-hybridized carbons (Fsp3) is 0.0638. The van der Waals surface area contributed by atoms with Crippen LogP contribution in [0.2, 0.25) is 0 Å². The Balaban J connectivity index is 1.35. The molecule has 0 N–H and O–H groups in total. The number of hydrogen-bond donors (Lipinski definition) is 0. The van der Waals surface area contributed by atoms with Gasteiger partial charge in [0.1, 0.15) is 0 Å². The van der Waals surface area contributed by atoms with Crippen molar-refractivity contribution in [1.29, 1.82) is 0 Å². The van der Waals surface area contributed by atoms with E-state index in [2.05, 4.69) is 183 Å². The van der Waals surface area contributed by atoms with Crippen LogP contribution in [0.3, 0.4) is 0 Å². The zero-order valence-electron chi connectivity index (χ0n) is 27.4. The van der Waals surface area contributed by atoms with Crippen LogP contribution in [0.5, 0.6) is 0 Å². The molecule has 1 aliphatic rings. The summed E-state index contributed by atoms with van der Waals surface area (Å²) in [5.41, 5.74) is 11.3. The van der Waals surface area contributed by atoms with Crippen molar-refractivity contribution in [1.82, 2.24) is 0 Å². The summed E-state index contributed by atoms with van der Waals surface area (Å²) in [6, 6.07) is 60.7. The van der Waals surface area contributed by atoms with E-state index in [1.165, 1.54) is 92.2 Å². The number of anilines is 3. The number of benzene rings is 8. The first-order chi connectivity index (χ1) is 24.1. The molecule has 0 aliphatic heterocycles. The Morgan fingerprint density at radius 2 is 1.12 bits per heavy atom. The molecule has 1 aliphatic carbocycles. The molecule has 10 rings (SSSR count). The maximum absolute atomic E-state index is 2.56. The number of fused-ring (bicyclic) bond motifs is 9. The third-order valence-corrected chi connectivity index (χ3v) is 11.7. The molecule has 1 nitrogen and oxygen atoms in total.